The minimum absolute atomic E-state index is 0.203. The first-order chi connectivity index (χ1) is 25.5. The highest BCUT2D eigenvalue weighted by Gasteiger charge is 2.47. The van der Waals surface area contributed by atoms with Gasteiger partial charge >= 0.3 is 0 Å². The minimum atomic E-state index is -0.545. The number of ether oxygens (including phenoxy) is 1. The summed E-state index contributed by atoms with van der Waals surface area (Å²) in [6.45, 7) is 4.82. The van der Waals surface area contributed by atoms with Crippen molar-refractivity contribution in [3.63, 3.8) is 0 Å². The second kappa shape index (κ2) is 11.6. The number of nitrogens with zero attached hydrogens (tertiary/aromatic N) is 1. The molecule has 52 heavy (non-hydrogen) atoms. The third kappa shape index (κ3) is 4.68. The first-order valence-corrected chi connectivity index (χ1v) is 18.1. The lowest BCUT2D eigenvalue weighted by molar-refractivity contribution is 0.279. The summed E-state index contributed by atoms with van der Waals surface area (Å²) in [6, 6.07) is 65.0. The van der Waals surface area contributed by atoms with Gasteiger partial charge in [0.1, 0.15) is 6.61 Å². The second-order valence-corrected chi connectivity index (χ2v) is 14.8. The number of aliphatic imine (C=N–C) groups is 1. The predicted molar refractivity (Wildman–Crippen MR) is 216 cm³/mol. The van der Waals surface area contributed by atoms with Crippen molar-refractivity contribution < 1.29 is 4.74 Å². The van der Waals surface area contributed by atoms with Crippen molar-refractivity contribution in [3.8, 4) is 33.4 Å². The molecule has 0 bridgehead atoms. The molecule has 0 unspecified atom stereocenters. The van der Waals surface area contributed by atoms with Crippen molar-refractivity contribution in [1.82, 2.24) is 0 Å². The molecule has 0 aromatic heterocycles. The van der Waals surface area contributed by atoms with Gasteiger partial charge in [-0.05, 0) is 121 Å². The van der Waals surface area contributed by atoms with Crippen LogP contribution >= 0.6 is 0 Å². The van der Waals surface area contributed by atoms with Crippen LogP contribution in [-0.4, -0.2) is 18.0 Å². The molecular formula is C50H37NO. The third-order valence-electron chi connectivity index (χ3n) is 11.0. The van der Waals surface area contributed by atoms with Gasteiger partial charge in [0.05, 0.1) is 11.0 Å². The van der Waals surface area contributed by atoms with Gasteiger partial charge in [0.25, 0.3) is 0 Å². The van der Waals surface area contributed by atoms with Gasteiger partial charge in [0.15, 0.2) is 0 Å². The van der Waals surface area contributed by atoms with Gasteiger partial charge in [-0.1, -0.05) is 146 Å². The van der Waals surface area contributed by atoms with Crippen LogP contribution in [0.3, 0.4) is 0 Å². The Morgan fingerprint density at radius 3 is 1.73 bits per heavy atom. The fourth-order valence-electron chi connectivity index (χ4n) is 8.66. The molecule has 0 fully saturated rings. The normalized spacial score (nSPS) is 15.2. The van der Waals surface area contributed by atoms with Gasteiger partial charge in [-0.2, -0.15) is 0 Å². The largest absolute Gasteiger partial charge is 0.475 e. The Kier molecular flexibility index (Phi) is 6.85. The van der Waals surface area contributed by atoms with Crippen LogP contribution in [0.15, 0.2) is 181 Å². The molecule has 248 valence electrons. The summed E-state index contributed by atoms with van der Waals surface area (Å²) in [6.07, 6.45) is 0. The highest BCUT2D eigenvalue weighted by Crippen LogP contribution is 2.59. The molecule has 1 aliphatic carbocycles. The maximum Gasteiger partial charge on any atom is 0.216 e. The highest BCUT2D eigenvalue weighted by atomic mass is 16.5. The monoisotopic (exact) mass is 667 g/mol. The molecule has 0 radical (unpaired) electrons. The van der Waals surface area contributed by atoms with Gasteiger partial charge in [-0.15, -0.1) is 0 Å². The van der Waals surface area contributed by atoms with E-state index in [0.29, 0.717) is 6.61 Å². The Labute approximate surface area is 304 Å². The van der Waals surface area contributed by atoms with E-state index in [1.54, 1.807) is 0 Å². The lowest BCUT2D eigenvalue weighted by Crippen LogP contribution is -2.28. The van der Waals surface area contributed by atoms with Crippen molar-refractivity contribution in [1.29, 1.82) is 0 Å². The maximum absolute atomic E-state index is 6.00. The van der Waals surface area contributed by atoms with Gasteiger partial charge in [-0.25, -0.2) is 4.99 Å². The summed E-state index contributed by atoms with van der Waals surface area (Å²) in [7, 11) is 0. The first kappa shape index (κ1) is 30.6. The van der Waals surface area contributed by atoms with Crippen molar-refractivity contribution >= 4 is 27.4 Å². The number of benzene rings is 8. The van der Waals surface area contributed by atoms with E-state index < -0.39 is 5.41 Å². The van der Waals surface area contributed by atoms with E-state index in [4.69, 9.17) is 9.73 Å². The summed E-state index contributed by atoms with van der Waals surface area (Å²) < 4.78 is 6.00. The Balaban J connectivity index is 1.26. The molecule has 10 rings (SSSR count). The molecule has 0 atom stereocenters. The topological polar surface area (TPSA) is 21.6 Å². The van der Waals surface area contributed by atoms with Crippen LogP contribution < -0.4 is 0 Å². The summed E-state index contributed by atoms with van der Waals surface area (Å²) in [5.41, 5.74) is 12.8. The van der Waals surface area contributed by atoms with Crippen LogP contribution in [0.4, 0.5) is 0 Å². The molecule has 0 saturated carbocycles. The van der Waals surface area contributed by atoms with Gasteiger partial charge < -0.3 is 4.74 Å². The Hall–Kier alpha value is -6.25. The molecular weight excluding hydrogens is 631 g/mol. The van der Waals surface area contributed by atoms with E-state index in [1.165, 1.54) is 77.2 Å². The molecule has 1 heterocycles. The van der Waals surface area contributed by atoms with Gasteiger partial charge in [0, 0.05) is 5.56 Å². The number of rotatable bonds is 5. The fraction of sp³-hybridized carbons (Fsp3) is 0.100. The molecule has 0 saturated heterocycles. The lowest BCUT2D eigenvalue weighted by atomic mass is 9.67. The van der Waals surface area contributed by atoms with E-state index in [-0.39, 0.29) is 5.54 Å². The summed E-state index contributed by atoms with van der Waals surface area (Å²) in [5, 5.41) is 5.00. The Bertz CT molecular complexity index is 2650. The predicted octanol–water partition coefficient (Wildman–Crippen LogP) is 12.2. The molecule has 0 spiro atoms. The number of fused-ring (bicyclic) bond motifs is 6. The van der Waals surface area contributed by atoms with Crippen molar-refractivity contribution in [2.24, 2.45) is 4.99 Å². The van der Waals surface area contributed by atoms with Crippen LogP contribution in [0, 0.1) is 0 Å². The lowest BCUT2D eigenvalue weighted by Gasteiger charge is -2.34. The summed E-state index contributed by atoms with van der Waals surface area (Å²) in [5.74, 6) is 0.722. The zero-order valence-electron chi connectivity index (χ0n) is 29.3. The van der Waals surface area contributed by atoms with Gasteiger partial charge in [0.2, 0.25) is 5.90 Å². The second-order valence-electron chi connectivity index (χ2n) is 14.8. The molecule has 0 N–H and O–H groups in total. The van der Waals surface area contributed by atoms with E-state index in [2.05, 4.69) is 190 Å². The van der Waals surface area contributed by atoms with Crippen LogP contribution in [0.1, 0.15) is 41.7 Å². The molecule has 0 amide bonds. The van der Waals surface area contributed by atoms with Crippen molar-refractivity contribution in [2.75, 3.05) is 6.61 Å². The smallest absolute Gasteiger partial charge is 0.216 e. The average molecular weight is 668 g/mol. The fourth-order valence-corrected chi connectivity index (χ4v) is 8.66. The van der Waals surface area contributed by atoms with Crippen LogP contribution in [-0.2, 0) is 10.2 Å². The highest BCUT2D eigenvalue weighted by molar-refractivity contribution is 6.10. The first-order valence-electron chi connectivity index (χ1n) is 18.1. The van der Waals surface area contributed by atoms with E-state index in [0.717, 1.165) is 11.5 Å². The SMILES string of the molecule is CC1(C)COC(c2ccc(-c3cc4c(c5ccccc35)-c3ccc(-c5ccc6ccccc6c5)cc3C4(c3ccccc3)c3ccccc3)cc2)=N1. The standard InChI is InChI=1S/C50H37NO/c1-49(2)32-52-48(51-49)35-24-22-34(23-25-35)44-31-46-47(42-20-12-11-19-41(42)44)43-28-27-38(37-26-21-33-13-9-10-14-36(33)29-37)30-45(43)50(46,39-15-5-3-6-16-39)40-17-7-4-8-18-40/h3-31H,32H2,1-2H3. The Morgan fingerprint density at radius 2 is 1.04 bits per heavy atom. The summed E-state index contributed by atoms with van der Waals surface area (Å²) >= 11 is 0. The van der Waals surface area contributed by atoms with Crippen LogP contribution in [0.25, 0.3) is 54.9 Å². The zero-order chi connectivity index (χ0) is 34.9. The molecule has 1 aliphatic heterocycles. The van der Waals surface area contributed by atoms with E-state index >= 15 is 0 Å². The van der Waals surface area contributed by atoms with Crippen molar-refractivity contribution in [3.05, 3.63) is 204 Å². The molecule has 8 aromatic rings. The zero-order valence-corrected chi connectivity index (χ0v) is 29.3. The molecule has 2 aliphatic rings. The van der Waals surface area contributed by atoms with Gasteiger partial charge in [-0.3, -0.25) is 0 Å². The maximum atomic E-state index is 6.00. The minimum Gasteiger partial charge on any atom is -0.475 e. The van der Waals surface area contributed by atoms with Crippen LogP contribution in [0.5, 0.6) is 0 Å². The molecule has 2 heteroatoms. The third-order valence-corrected chi connectivity index (χ3v) is 11.0. The van der Waals surface area contributed by atoms with Crippen LogP contribution in [0.2, 0.25) is 0 Å². The van der Waals surface area contributed by atoms with Crippen molar-refractivity contribution in [2.45, 2.75) is 24.8 Å². The van der Waals surface area contributed by atoms with E-state index in [9.17, 15) is 0 Å². The quantitative estimate of drug-likeness (QED) is 0.179. The van der Waals surface area contributed by atoms with E-state index in [1.807, 2.05) is 0 Å². The number of hydrogen-bond donors (Lipinski definition) is 0. The average Bonchev–Trinajstić information content (AvgIpc) is 3.72. The Morgan fingerprint density at radius 1 is 0.462 bits per heavy atom. The summed E-state index contributed by atoms with van der Waals surface area (Å²) in [4.78, 5) is 4.84. The molecule has 2 nitrogen and oxygen atoms in total. The number of hydrogen-bond acceptors (Lipinski definition) is 2. The molecule has 8 aromatic carbocycles.